The Morgan fingerprint density at radius 1 is 1.83 bits per heavy atom. The summed E-state index contributed by atoms with van der Waals surface area (Å²) in [5.74, 6) is -0.0389. The third-order valence-electron chi connectivity index (χ3n) is 1.48. The molecular formula is C8H12N2OS. The number of hydrogen-bond acceptors (Lipinski definition) is 3. The maximum Gasteiger partial charge on any atom is 0.261 e. The molecule has 4 heteroatoms. The van der Waals surface area contributed by atoms with E-state index < -0.39 is 0 Å². The van der Waals surface area contributed by atoms with Gasteiger partial charge in [-0.25, -0.2) is 0 Å². The van der Waals surface area contributed by atoms with Crippen LogP contribution in [0.2, 0.25) is 0 Å². The molecule has 0 fully saturated rings. The number of thiophene rings is 1. The molecule has 0 aliphatic heterocycles. The summed E-state index contributed by atoms with van der Waals surface area (Å²) in [6.45, 7) is 2.35. The summed E-state index contributed by atoms with van der Waals surface area (Å²) in [7, 11) is 0. The third kappa shape index (κ3) is 2.32. The Bertz CT molecular complexity index is 246. The van der Waals surface area contributed by atoms with Crippen molar-refractivity contribution in [1.29, 1.82) is 0 Å². The van der Waals surface area contributed by atoms with E-state index in [4.69, 9.17) is 5.73 Å². The molecule has 0 radical (unpaired) electrons. The van der Waals surface area contributed by atoms with Crippen LogP contribution >= 0.6 is 11.3 Å². The van der Waals surface area contributed by atoms with Crippen molar-refractivity contribution < 1.29 is 4.79 Å². The Kier molecular flexibility index (Phi) is 3.25. The summed E-state index contributed by atoms with van der Waals surface area (Å²) >= 11 is 1.43. The van der Waals surface area contributed by atoms with Crippen molar-refractivity contribution >= 4 is 17.2 Å². The molecule has 0 spiro atoms. The molecule has 0 aromatic carbocycles. The lowest BCUT2D eigenvalue weighted by Gasteiger charge is -2.09. The molecule has 1 rings (SSSR count). The molecule has 1 heterocycles. The lowest BCUT2D eigenvalue weighted by atomic mass is 10.3. The molecule has 3 N–H and O–H groups in total. The summed E-state index contributed by atoms with van der Waals surface area (Å²) in [6.07, 6.45) is 0. The molecule has 1 aromatic rings. The smallest absolute Gasteiger partial charge is 0.261 e. The molecular weight excluding hydrogens is 172 g/mol. The molecule has 0 saturated carbocycles. The van der Waals surface area contributed by atoms with Gasteiger partial charge in [-0.3, -0.25) is 4.79 Å². The Morgan fingerprint density at radius 2 is 2.58 bits per heavy atom. The van der Waals surface area contributed by atoms with Gasteiger partial charge in [-0.15, -0.1) is 11.3 Å². The van der Waals surface area contributed by atoms with Crippen LogP contribution in [0, 0.1) is 0 Å². The zero-order valence-corrected chi connectivity index (χ0v) is 7.73. The first-order chi connectivity index (χ1) is 5.74. The average molecular weight is 184 g/mol. The molecule has 0 aliphatic rings. The number of amides is 1. The van der Waals surface area contributed by atoms with E-state index in [1.807, 2.05) is 18.4 Å². The fraction of sp³-hybridized carbons (Fsp3) is 0.375. The average Bonchev–Trinajstić information content (AvgIpc) is 2.56. The maximum atomic E-state index is 11.3. The summed E-state index contributed by atoms with van der Waals surface area (Å²) in [6, 6.07) is 3.69. The third-order valence-corrected chi connectivity index (χ3v) is 2.34. The molecule has 66 valence electrons. The summed E-state index contributed by atoms with van der Waals surface area (Å²) in [4.78, 5) is 12.1. The topological polar surface area (TPSA) is 55.1 Å². The number of carbonyl (C=O) groups excluding carboxylic acids is 1. The van der Waals surface area contributed by atoms with Gasteiger partial charge in [-0.2, -0.15) is 0 Å². The van der Waals surface area contributed by atoms with E-state index in [0.717, 1.165) is 4.88 Å². The van der Waals surface area contributed by atoms with E-state index in [0.29, 0.717) is 6.54 Å². The minimum atomic E-state index is -0.0389. The highest BCUT2D eigenvalue weighted by molar-refractivity contribution is 7.12. The van der Waals surface area contributed by atoms with Gasteiger partial charge >= 0.3 is 0 Å². The number of nitrogens with one attached hydrogen (secondary N) is 1. The number of rotatable bonds is 3. The van der Waals surface area contributed by atoms with Gasteiger partial charge in [-0.1, -0.05) is 6.07 Å². The van der Waals surface area contributed by atoms with Crippen LogP contribution in [-0.4, -0.2) is 18.5 Å². The Morgan fingerprint density at radius 3 is 3.08 bits per heavy atom. The molecule has 0 aliphatic carbocycles. The van der Waals surface area contributed by atoms with E-state index in [2.05, 4.69) is 5.32 Å². The zero-order valence-electron chi connectivity index (χ0n) is 6.91. The van der Waals surface area contributed by atoms with E-state index in [1.54, 1.807) is 6.07 Å². The van der Waals surface area contributed by atoms with E-state index in [9.17, 15) is 4.79 Å². The molecule has 0 saturated heterocycles. The van der Waals surface area contributed by atoms with Gasteiger partial charge in [-0.05, 0) is 18.4 Å². The van der Waals surface area contributed by atoms with Crippen molar-refractivity contribution in [2.24, 2.45) is 5.73 Å². The summed E-state index contributed by atoms with van der Waals surface area (Å²) in [5, 5.41) is 4.66. The fourth-order valence-corrected chi connectivity index (χ4v) is 1.39. The molecule has 1 atom stereocenters. The van der Waals surface area contributed by atoms with E-state index >= 15 is 0 Å². The number of hydrogen-bond donors (Lipinski definition) is 2. The number of carbonyl (C=O) groups is 1. The van der Waals surface area contributed by atoms with Crippen molar-refractivity contribution in [1.82, 2.24) is 5.32 Å². The fourth-order valence-electron chi connectivity index (χ4n) is 0.762. The highest BCUT2D eigenvalue weighted by Gasteiger charge is 2.08. The Hall–Kier alpha value is -0.870. The van der Waals surface area contributed by atoms with Crippen LogP contribution in [0.3, 0.4) is 0 Å². The van der Waals surface area contributed by atoms with Crippen molar-refractivity contribution in [2.45, 2.75) is 13.0 Å². The van der Waals surface area contributed by atoms with E-state index in [-0.39, 0.29) is 11.9 Å². The van der Waals surface area contributed by atoms with Crippen LogP contribution in [0.15, 0.2) is 17.5 Å². The van der Waals surface area contributed by atoms with Gasteiger partial charge in [0.2, 0.25) is 0 Å². The van der Waals surface area contributed by atoms with Crippen molar-refractivity contribution in [3.8, 4) is 0 Å². The van der Waals surface area contributed by atoms with Crippen LogP contribution in [0.5, 0.6) is 0 Å². The molecule has 12 heavy (non-hydrogen) atoms. The second kappa shape index (κ2) is 4.23. The van der Waals surface area contributed by atoms with E-state index in [1.165, 1.54) is 11.3 Å². The first-order valence-corrected chi connectivity index (χ1v) is 4.66. The minimum absolute atomic E-state index is 0.0389. The van der Waals surface area contributed by atoms with Crippen LogP contribution in [0.1, 0.15) is 16.6 Å². The standard InChI is InChI=1S/C8H12N2OS/c1-6(5-9)10-8(11)7-3-2-4-12-7/h2-4,6H,5,9H2,1H3,(H,10,11). The first-order valence-electron chi connectivity index (χ1n) is 3.78. The van der Waals surface area contributed by atoms with Gasteiger partial charge in [0, 0.05) is 12.6 Å². The Balaban J connectivity index is 2.50. The van der Waals surface area contributed by atoms with Gasteiger partial charge in [0.25, 0.3) is 5.91 Å². The molecule has 0 bridgehead atoms. The van der Waals surface area contributed by atoms with Crippen molar-refractivity contribution in [3.05, 3.63) is 22.4 Å². The lowest BCUT2D eigenvalue weighted by Crippen LogP contribution is -2.37. The van der Waals surface area contributed by atoms with Gasteiger partial charge in [0.05, 0.1) is 4.88 Å². The zero-order chi connectivity index (χ0) is 8.97. The second-order valence-corrected chi connectivity index (χ2v) is 3.54. The van der Waals surface area contributed by atoms with Gasteiger partial charge < -0.3 is 11.1 Å². The molecule has 3 nitrogen and oxygen atoms in total. The highest BCUT2D eigenvalue weighted by Crippen LogP contribution is 2.07. The molecule has 1 aromatic heterocycles. The summed E-state index contributed by atoms with van der Waals surface area (Å²) < 4.78 is 0. The predicted molar refractivity (Wildman–Crippen MR) is 50.3 cm³/mol. The van der Waals surface area contributed by atoms with Crippen LogP contribution < -0.4 is 11.1 Å². The van der Waals surface area contributed by atoms with Gasteiger partial charge in [0.1, 0.15) is 0 Å². The van der Waals surface area contributed by atoms with Crippen LogP contribution in [0.25, 0.3) is 0 Å². The Labute approximate surface area is 75.6 Å². The molecule has 1 unspecified atom stereocenters. The quantitative estimate of drug-likeness (QED) is 0.731. The highest BCUT2D eigenvalue weighted by atomic mass is 32.1. The largest absolute Gasteiger partial charge is 0.348 e. The predicted octanol–water partition coefficient (Wildman–Crippen LogP) is 0.825. The number of nitrogens with two attached hydrogens (primary N) is 1. The maximum absolute atomic E-state index is 11.3. The van der Waals surface area contributed by atoms with Crippen LogP contribution in [0.4, 0.5) is 0 Å². The molecule has 1 amide bonds. The van der Waals surface area contributed by atoms with Gasteiger partial charge in [0.15, 0.2) is 0 Å². The SMILES string of the molecule is CC(CN)NC(=O)c1cccs1. The first kappa shape index (κ1) is 9.22. The summed E-state index contributed by atoms with van der Waals surface area (Å²) in [5.41, 5.74) is 5.36. The minimum Gasteiger partial charge on any atom is -0.348 e. The normalized spacial score (nSPS) is 12.5. The lowest BCUT2D eigenvalue weighted by molar-refractivity contribution is 0.0945. The second-order valence-electron chi connectivity index (χ2n) is 2.59. The monoisotopic (exact) mass is 184 g/mol. The van der Waals surface area contributed by atoms with Crippen molar-refractivity contribution in [3.63, 3.8) is 0 Å². The van der Waals surface area contributed by atoms with Crippen LogP contribution in [-0.2, 0) is 0 Å². The van der Waals surface area contributed by atoms with Crippen molar-refractivity contribution in [2.75, 3.05) is 6.54 Å².